The molecule has 0 N–H and O–H groups in total. The summed E-state index contributed by atoms with van der Waals surface area (Å²) in [5.41, 5.74) is 2.50. The second kappa shape index (κ2) is 6.07. The van der Waals surface area contributed by atoms with E-state index in [9.17, 15) is 0 Å². The Morgan fingerprint density at radius 2 is 1.80 bits per heavy atom. The molecule has 0 aliphatic carbocycles. The Hall–Kier alpha value is -1.50. The Kier molecular flexibility index (Phi) is 4.69. The van der Waals surface area contributed by atoms with Crippen molar-refractivity contribution in [3.8, 4) is 0 Å². The molecule has 1 heteroatoms. The van der Waals surface area contributed by atoms with Gasteiger partial charge in [0.1, 0.15) is 0 Å². The van der Waals surface area contributed by atoms with Crippen molar-refractivity contribution in [2.45, 2.75) is 20.3 Å². The molecule has 1 aromatic carbocycles. The number of nitrogens with zero attached hydrogens (tertiary/aromatic N) is 1. The number of aryl methyl sites for hydroxylation is 1. The molecule has 0 saturated carbocycles. The van der Waals surface area contributed by atoms with Crippen LogP contribution in [0.15, 0.2) is 48.7 Å². The molecular weight excluding hydrogens is 182 g/mol. The molecule has 15 heavy (non-hydrogen) atoms. The highest BCUT2D eigenvalue weighted by molar-refractivity contribution is 5.49. The molecule has 1 nitrogen and oxygen atoms in total. The van der Waals surface area contributed by atoms with Crippen LogP contribution in [0.4, 0.5) is 5.69 Å². The quantitative estimate of drug-likeness (QED) is 0.667. The normalized spacial score (nSPS) is 11.4. The molecule has 0 aliphatic heterocycles. The van der Waals surface area contributed by atoms with E-state index >= 15 is 0 Å². The maximum absolute atomic E-state index is 2.14. The van der Waals surface area contributed by atoms with Crippen LogP contribution < -0.4 is 4.90 Å². The lowest BCUT2D eigenvalue weighted by Crippen LogP contribution is -2.06. The van der Waals surface area contributed by atoms with Gasteiger partial charge in [0.2, 0.25) is 0 Å². The highest BCUT2D eigenvalue weighted by Crippen LogP contribution is 2.13. The SMILES string of the molecule is CCC=CC=CN(C)c1ccc(C)cc1. The van der Waals surface area contributed by atoms with Crippen molar-refractivity contribution in [1.82, 2.24) is 0 Å². The molecule has 80 valence electrons. The van der Waals surface area contributed by atoms with Gasteiger partial charge in [0.25, 0.3) is 0 Å². The van der Waals surface area contributed by atoms with Crippen LogP contribution in [0.2, 0.25) is 0 Å². The minimum atomic E-state index is 1.08. The molecule has 0 saturated heterocycles. The van der Waals surface area contributed by atoms with Gasteiger partial charge in [-0.05, 0) is 31.6 Å². The fourth-order valence-electron chi connectivity index (χ4n) is 1.26. The number of rotatable bonds is 4. The lowest BCUT2D eigenvalue weighted by molar-refractivity contribution is 1.19. The van der Waals surface area contributed by atoms with Crippen molar-refractivity contribution in [3.63, 3.8) is 0 Å². The van der Waals surface area contributed by atoms with Crippen LogP contribution in [0, 0.1) is 6.92 Å². The fourth-order valence-corrected chi connectivity index (χ4v) is 1.26. The lowest BCUT2D eigenvalue weighted by atomic mass is 10.2. The summed E-state index contributed by atoms with van der Waals surface area (Å²) in [4.78, 5) is 2.11. The maximum Gasteiger partial charge on any atom is 0.0403 e. The predicted molar refractivity (Wildman–Crippen MR) is 68.2 cm³/mol. The summed E-state index contributed by atoms with van der Waals surface area (Å²) >= 11 is 0. The van der Waals surface area contributed by atoms with Crippen LogP contribution in [0.5, 0.6) is 0 Å². The maximum atomic E-state index is 2.14. The third-order valence-electron chi connectivity index (χ3n) is 2.23. The van der Waals surface area contributed by atoms with E-state index in [-0.39, 0.29) is 0 Å². The monoisotopic (exact) mass is 201 g/mol. The number of anilines is 1. The molecule has 0 heterocycles. The number of hydrogen-bond acceptors (Lipinski definition) is 1. The lowest BCUT2D eigenvalue weighted by Gasteiger charge is -2.13. The molecule has 0 fully saturated rings. The molecule has 1 rings (SSSR count). The first kappa shape index (κ1) is 11.6. The zero-order chi connectivity index (χ0) is 11.1. The Bertz CT molecular complexity index is 333. The highest BCUT2D eigenvalue weighted by atomic mass is 15.1. The Morgan fingerprint density at radius 1 is 1.13 bits per heavy atom. The van der Waals surface area contributed by atoms with Gasteiger partial charge in [0, 0.05) is 18.9 Å². The first-order valence-corrected chi connectivity index (χ1v) is 5.37. The average Bonchev–Trinajstić information content (AvgIpc) is 2.25. The molecule has 0 bridgehead atoms. The van der Waals surface area contributed by atoms with Gasteiger partial charge in [-0.2, -0.15) is 0 Å². The zero-order valence-electron chi connectivity index (χ0n) is 9.77. The van der Waals surface area contributed by atoms with Gasteiger partial charge < -0.3 is 4.90 Å². The second-order valence-corrected chi connectivity index (χ2v) is 3.62. The molecule has 0 atom stereocenters. The molecule has 0 radical (unpaired) electrons. The fraction of sp³-hybridized carbons (Fsp3) is 0.286. The number of hydrogen-bond donors (Lipinski definition) is 0. The van der Waals surface area contributed by atoms with Crippen molar-refractivity contribution in [1.29, 1.82) is 0 Å². The molecule has 0 aliphatic rings. The summed E-state index contributed by atoms with van der Waals surface area (Å²) in [7, 11) is 2.06. The summed E-state index contributed by atoms with van der Waals surface area (Å²) in [5.74, 6) is 0. The van der Waals surface area contributed by atoms with Crippen LogP contribution >= 0.6 is 0 Å². The van der Waals surface area contributed by atoms with Gasteiger partial charge in [-0.1, -0.05) is 36.8 Å². The Morgan fingerprint density at radius 3 is 2.40 bits per heavy atom. The van der Waals surface area contributed by atoms with Gasteiger partial charge >= 0.3 is 0 Å². The average molecular weight is 201 g/mol. The number of allylic oxidation sites excluding steroid dienone is 3. The van der Waals surface area contributed by atoms with E-state index in [1.54, 1.807) is 0 Å². The Labute approximate surface area is 92.7 Å². The first-order chi connectivity index (χ1) is 7.24. The predicted octanol–water partition coefficient (Wildman–Crippen LogP) is 3.91. The number of benzene rings is 1. The molecule has 0 spiro atoms. The zero-order valence-corrected chi connectivity index (χ0v) is 9.77. The smallest absolute Gasteiger partial charge is 0.0403 e. The standard InChI is InChI=1S/C14H19N/c1-4-5-6-7-12-15(3)14-10-8-13(2)9-11-14/h5-12H,4H2,1-3H3. The topological polar surface area (TPSA) is 3.24 Å². The molecule has 0 aromatic heterocycles. The van der Waals surface area contributed by atoms with Crippen LogP contribution in [0.1, 0.15) is 18.9 Å². The first-order valence-electron chi connectivity index (χ1n) is 5.37. The summed E-state index contributed by atoms with van der Waals surface area (Å²) in [5, 5.41) is 0. The Balaban J connectivity index is 2.60. The second-order valence-electron chi connectivity index (χ2n) is 3.62. The van der Waals surface area contributed by atoms with Crippen molar-refractivity contribution in [2.75, 3.05) is 11.9 Å². The van der Waals surface area contributed by atoms with E-state index in [2.05, 4.69) is 74.5 Å². The molecular formula is C14H19N. The van der Waals surface area contributed by atoms with Crippen LogP contribution in [0.25, 0.3) is 0 Å². The van der Waals surface area contributed by atoms with Crippen molar-refractivity contribution >= 4 is 5.69 Å². The third-order valence-corrected chi connectivity index (χ3v) is 2.23. The van der Waals surface area contributed by atoms with E-state index in [0.717, 1.165) is 6.42 Å². The van der Waals surface area contributed by atoms with E-state index in [1.807, 2.05) is 0 Å². The van der Waals surface area contributed by atoms with Gasteiger partial charge in [-0.15, -0.1) is 0 Å². The van der Waals surface area contributed by atoms with Crippen LogP contribution in [-0.2, 0) is 0 Å². The molecule has 1 aromatic rings. The van der Waals surface area contributed by atoms with E-state index in [0.29, 0.717) is 0 Å². The summed E-state index contributed by atoms with van der Waals surface area (Å²) in [6.45, 7) is 4.23. The van der Waals surface area contributed by atoms with Gasteiger partial charge in [0.15, 0.2) is 0 Å². The summed E-state index contributed by atoms with van der Waals surface area (Å²) in [6, 6.07) is 8.51. The largest absolute Gasteiger partial charge is 0.351 e. The van der Waals surface area contributed by atoms with E-state index in [4.69, 9.17) is 0 Å². The van der Waals surface area contributed by atoms with E-state index in [1.165, 1.54) is 11.3 Å². The summed E-state index contributed by atoms with van der Waals surface area (Å²) < 4.78 is 0. The van der Waals surface area contributed by atoms with Gasteiger partial charge in [-0.25, -0.2) is 0 Å². The third kappa shape index (κ3) is 4.03. The van der Waals surface area contributed by atoms with Crippen LogP contribution in [0.3, 0.4) is 0 Å². The summed E-state index contributed by atoms with van der Waals surface area (Å²) in [6.07, 6.45) is 9.42. The van der Waals surface area contributed by atoms with Crippen LogP contribution in [-0.4, -0.2) is 7.05 Å². The van der Waals surface area contributed by atoms with Gasteiger partial charge in [-0.3, -0.25) is 0 Å². The minimum Gasteiger partial charge on any atom is -0.351 e. The van der Waals surface area contributed by atoms with Crippen molar-refractivity contribution in [3.05, 3.63) is 54.3 Å². The minimum absolute atomic E-state index is 1.08. The molecule has 0 amide bonds. The van der Waals surface area contributed by atoms with E-state index < -0.39 is 0 Å². The van der Waals surface area contributed by atoms with Crippen molar-refractivity contribution < 1.29 is 0 Å². The van der Waals surface area contributed by atoms with Crippen molar-refractivity contribution in [2.24, 2.45) is 0 Å². The molecule has 0 unspecified atom stereocenters. The van der Waals surface area contributed by atoms with Gasteiger partial charge in [0.05, 0.1) is 0 Å². The highest BCUT2D eigenvalue weighted by Gasteiger charge is 1.94.